The van der Waals surface area contributed by atoms with Crippen LogP contribution in [0.1, 0.15) is 90.5 Å². The van der Waals surface area contributed by atoms with Gasteiger partial charge in [0.15, 0.2) is 0 Å². The predicted octanol–water partition coefficient (Wildman–Crippen LogP) is 5.60. The van der Waals surface area contributed by atoms with E-state index in [2.05, 4.69) is 60.6 Å². The Morgan fingerprint density at radius 2 is 1.41 bits per heavy atom. The molecule has 0 fully saturated rings. The zero-order chi connectivity index (χ0) is 16.4. The van der Waals surface area contributed by atoms with Gasteiger partial charge in [0.2, 0.25) is 0 Å². The van der Waals surface area contributed by atoms with E-state index in [-0.39, 0.29) is 29.3 Å². The predicted molar refractivity (Wildman–Crippen MR) is 99.2 cm³/mol. The first-order valence-corrected chi connectivity index (χ1v) is 8.12. The summed E-state index contributed by atoms with van der Waals surface area (Å²) < 4.78 is 0. The summed E-state index contributed by atoms with van der Waals surface area (Å²) in [7, 11) is 0. The van der Waals surface area contributed by atoms with E-state index >= 15 is 0 Å². The fraction of sp³-hybridized carbons (Fsp3) is 0.684. The summed E-state index contributed by atoms with van der Waals surface area (Å²) in [4.78, 5) is 0. The maximum Gasteiger partial charge on any atom is 0.123 e. The topological polar surface area (TPSA) is 46.2 Å². The van der Waals surface area contributed by atoms with Crippen molar-refractivity contribution in [2.45, 2.75) is 84.6 Å². The normalized spacial score (nSPS) is 13.6. The third kappa shape index (κ3) is 5.17. The molecular formula is C19H34ClNO. The number of unbranched alkanes of at least 4 members (excludes halogenated alkanes) is 1. The molecule has 0 bridgehead atoms. The molecule has 0 aromatic heterocycles. The smallest absolute Gasteiger partial charge is 0.123 e. The Bertz CT molecular complexity index is 448. The zero-order valence-corrected chi connectivity index (χ0v) is 16.1. The Balaban J connectivity index is 0.00000441. The lowest BCUT2D eigenvalue weighted by molar-refractivity contribution is 0.421. The highest BCUT2D eigenvalue weighted by Crippen LogP contribution is 2.41. The Kier molecular flexibility index (Phi) is 7.44. The minimum atomic E-state index is -0.0927. The first kappa shape index (κ1) is 21.3. The van der Waals surface area contributed by atoms with E-state index in [0.29, 0.717) is 5.75 Å². The molecule has 3 heteroatoms. The summed E-state index contributed by atoms with van der Waals surface area (Å²) in [5.74, 6) is 0.432. The lowest BCUT2D eigenvalue weighted by atomic mass is 9.77. The molecule has 0 spiro atoms. The van der Waals surface area contributed by atoms with Crippen molar-refractivity contribution in [1.29, 1.82) is 0 Å². The quantitative estimate of drug-likeness (QED) is 0.756. The highest BCUT2D eigenvalue weighted by atomic mass is 35.5. The fourth-order valence-corrected chi connectivity index (χ4v) is 2.61. The highest BCUT2D eigenvalue weighted by molar-refractivity contribution is 5.85. The average molecular weight is 328 g/mol. The standard InChI is InChI=1S/C19H33NO.ClH/c1-8-9-10-16(20)13-11-14(18(2,3)4)17(21)15(12-13)19(5,6)7;/h11-12,16,21H,8-10,20H2,1-7H3;1H/t16-;/m0./s1. The summed E-state index contributed by atoms with van der Waals surface area (Å²) in [6, 6.07) is 4.25. The monoisotopic (exact) mass is 327 g/mol. The van der Waals surface area contributed by atoms with Gasteiger partial charge in [0.1, 0.15) is 5.75 Å². The molecule has 0 aliphatic heterocycles. The number of nitrogens with two attached hydrogens (primary N) is 1. The minimum absolute atomic E-state index is 0. The molecule has 0 radical (unpaired) electrons. The number of halogens is 1. The number of hydrogen-bond acceptors (Lipinski definition) is 2. The molecular weight excluding hydrogens is 294 g/mol. The molecule has 0 amide bonds. The fourth-order valence-electron chi connectivity index (χ4n) is 2.61. The number of rotatable bonds is 4. The van der Waals surface area contributed by atoms with Gasteiger partial charge in [0.05, 0.1) is 0 Å². The second-order valence-electron chi connectivity index (χ2n) is 8.21. The Labute approximate surface area is 142 Å². The van der Waals surface area contributed by atoms with Gasteiger partial charge in [0, 0.05) is 6.04 Å². The van der Waals surface area contributed by atoms with Crippen molar-refractivity contribution >= 4 is 12.4 Å². The van der Waals surface area contributed by atoms with Gasteiger partial charge in [-0.25, -0.2) is 0 Å². The second-order valence-corrected chi connectivity index (χ2v) is 8.21. The number of benzene rings is 1. The molecule has 2 nitrogen and oxygen atoms in total. The average Bonchev–Trinajstić information content (AvgIpc) is 2.33. The van der Waals surface area contributed by atoms with Gasteiger partial charge >= 0.3 is 0 Å². The largest absolute Gasteiger partial charge is 0.507 e. The van der Waals surface area contributed by atoms with E-state index in [1.165, 1.54) is 0 Å². The minimum Gasteiger partial charge on any atom is -0.507 e. The lowest BCUT2D eigenvalue weighted by Crippen LogP contribution is -2.20. The molecule has 22 heavy (non-hydrogen) atoms. The van der Waals surface area contributed by atoms with Gasteiger partial charge in [-0.15, -0.1) is 12.4 Å². The molecule has 0 aliphatic rings. The van der Waals surface area contributed by atoms with Crippen LogP contribution in [0.5, 0.6) is 5.75 Å². The van der Waals surface area contributed by atoms with Crippen molar-refractivity contribution in [2.75, 3.05) is 0 Å². The summed E-state index contributed by atoms with van der Waals surface area (Å²) >= 11 is 0. The lowest BCUT2D eigenvalue weighted by Gasteiger charge is -2.29. The molecule has 0 heterocycles. The van der Waals surface area contributed by atoms with E-state index in [1.54, 1.807) is 0 Å². The van der Waals surface area contributed by atoms with Gasteiger partial charge in [-0.1, -0.05) is 73.4 Å². The van der Waals surface area contributed by atoms with E-state index < -0.39 is 0 Å². The molecule has 0 saturated heterocycles. The van der Waals surface area contributed by atoms with Crippen molar-refractivity contribution in [2.24, 2.45) is 5.73 Å². The zero-order valence-electron chi connectivity index (χ0n) is 15.3. The van der Waals surface area contributed by atoms with Gasteiger partial charge in [-0.05, 0) is 33.9 Å². The first-order valence-electron chi connectivity index (χ1n) is 8.12. The summed E-state index contributed by atoms with van der Waals surface area (Å²) in [5, 5.41) is 10.7. The van der Waals surface area contributed by atoms with Crippen LogP contribution < -0.4 is 5.73 Å². The molecule has 1 rings (SSSR count). The van der Waals surface area contributed by atoms with Crippen LogP contribution in [0.25, 0.3) is 0 Å². The van der Waals surface area contributed by atoms with E-state index in [9.17, 15) is 5.11 Å². The highest BCUT2D eigenvalue weighted by Gasteiger charge is 2.27. The van der Waals surface area contributed by atoms with Crippen molar-refractivity contribution < 1.29 is 5.11 Å². The molecule has 0 aliphatic carbocycles. The number of phenols is 1. The maximum atomic E-state index is 10.7. The summed E-state index contributed by atoms with van der Waals surface area (Å²) in [6.07, 6.45) is 3.29. The molecule has 1 atom stereocenters. The summed E-state index contributed by atoms with van der Waals surface area (Å²) in [5.41, 5.74) is 9.33. The van der Waals surface area contributed by atoms with Crippen LogP contribution in [0.3, 0.4) is 0 Å². The Morgan fingerprint density at radius 1 is 1.00 bits per heavy atom. The first-order chi connectivity index (χ1) is 9.48. The Morgan fingerprint density at radius 3 is 1.73 bits per heavy atom. The van der Waals surface area contributed by atoms with Crippen LogP contribution in [0.2, 0.25) is 0 Å². The van der Waals surface area contributed by atoms with E-state index in [0.717, 1.165) is 36.0 Å². The molecule has 3 N–H and O–H groups in total. The van der Waals surface area contributed by atoms with Crippen molar-refractivity contribution in [1.82, 2.24) is 0 Å². The summed E-state index contributed by atoms with van der Waals surface area (Å²) in [6.45, 7) is 15.0. The molecule has 1 aromatic rings. The molecule has 128 valence electrons. The molecule has 0 unspecified atom stereocenters. The van der Waals surface area contributed by atoms with Gasteiger partial charge < -0.3 is 10.8 Å². The number of hydrogen-bond donors (Lipinski definition) is 2. The maximum absolute atomic E-state index is 10.7. The van der Waals surface area contributed by atoms with Gasteiger partial charge in [-0.3, -0.25) is 0 Å². The third-order valence-corrected chi connectivity index (χ3v) is 4.05. The van der Waals surface area contributed by atoms with Gasteiger partial charge in [0.25, 0.3) is 0 Å². The molecule has 0 saturated carbocycles. The van der Waals surface area contributed by atoms with Crippen molar-refractivity contribution in [3.05, 3.63) is 28.8 Å². The van der Waals surface area contributed by atoms with Crippen LogP contribution in [0.15, 0.2) is 12.1 Å². The Hall–Kier alpha value is -0.730. The van der Waals surface area contributed by atoms with Crippen LogP contribution in [0.4, 0.5) is 0 Å². The molecule has 1 aromatic carbocycles. The van der Waals surface area contributed by atoms with Crippen molar-refractivity contribution in [3.63, 3.8) is 0 Å². The third-order valence-electron chi connectivity index (χ3n) is 4.05. The second kappa shape index (κ2) is 7.70. The van der Waals surface area contributed by atoms with Crippen molar-refractivity contribution in [3.8, 4) is 5.75 Å². The number of aromatic hydroxyl groups is 1. The van der Waals surface area contributed by atoms with Crippen LogP contribution >= 0.6 is 12.4 Å². The van der Waals surface area contributed by atoms with Gasteiger partial charge in [-0.2, -0.15) is 0 Å². The SMILES string of the molecule is CCCC[C@H](N)c1cc(C(C)(C)C)c(O)c(C(C)(C)C)c1.Cl. The van der Waals surface area contributed by atoms with Crippen LogP contribution in [-0.2, 0) is 10.8 Å². The van der Waals surface area contributed by atoms with E-state index in [1.807, 2.05) is 0 Å². The number of phenolic OH excluding ortho intramolecular Hbond substituents is 1. The van der Waals surface area contributed by atoms with Crippen LogP contribution in [-0.4, -0.2) is 5.11 Å². The van der Waals surface area contributed by atoms with Crippen LogP contribution in [0, 0.1) is 0 Å². The van der Waals surface area contributed by atoms with E-state index in [4.69, 9.17) is 5.73 Å².